The second-order valence-corrected chi connectivity index (χ2v) is 4.58. The molecule has 0 radical (unpaired) electrons. The molecular formula is C15H17ClN2O. The van der Waals surface area contributed by atoms with Gasteiger partial charge in [-0.3, -0.25) is 4.98 Å². The van der Waals surface area contributed by atoms with Crippen molar-refractivity contribution in [3.05, 3.63) is 58.9 Å². The lowest BCUT2D eigenvalue weighted by molar-refractivity contribution is 0.411. The fourth-order valence-corrected chi connectivity index (χ4v) is 2.27. The molecule has 19 heavy (non-hydrogen) atoms. The van der Waals surface area contributed by atoms with Gasteiger partial charge in [-0.2, -0.15) is 0 Å². The Morgan fingerprint density at radius 1 is 1.32 bits per heavy atom. The zero-order valence-corrected chi connectivity index (χ0v) is 11.8. The number of aromatic nitrogens is 1. The first-order valence-corrected chi connectivity index (χ1v) is 6.60. The van der Waals surface area contributed by atoms with Crippen LogP contribution in [-0.4, -0.2) is 18.6 Å². The molecule has 0 spiro atoms. The molecule has 1 heterocycles. The molecule has 1 unspecified atom stereocenters. The number of methoxy groups -OCH3 is 1. The van der Waals surface area contributed by atoms with E-state index in [1.54, 1.807) is 13.3 Å². The maximum Gasteiger partial charge on any atom is 0.137 e. The van der Waals surface area contributed by atoms with Crippen molar-refractivity contribution in [1.82, 2.24) is 10.3 Å². The lowest BCUT2D eigenvalue weighted by Gasteiger charge is -2.20. The van der Waals surface area contributed by atoms with Crippen LogP contribution in [0.15, 0.2) is 42.7 Å². The van der Waals surface area contributed by atoms with Crippen molar-refractivity contribution in [1.29, 1.82) is 0 Å². The predicted molar refractivity (Wildman–Crippen MR) is 77.8 cm³/mol. The van der Waals surface area contributed by atoms with E-state index in [4.69, 9.17) is 16.3 Å². The number of halogens is 1. The summed E-state index contributed by atoms with van der Waals surface area (Å²) in [6, 6.07) is 9.83. The van der Waals surface area contributed by atoms with E-state index in [0.717, 1.165) is 28.4 Å². The van der Waals surface area contributed by atoms with E-state index in [9.17, 15) is 0 Å². The maximum absolute atomic E-state index is 6.29. The molecule has 2 aromatic rings. The van der Waals surface area contributed by atoms with Crippen LogP contribution >= 0.6 is 11.6 Å². The molecule has 1 atom stereocenters. The molecule has 100 valence electrons. The van der Waals surface area contributed by atoms with Crippen LogP contribution in [0, 0.1) is 0 Å². The summed E-state index contributed by atoms with van der Waals surface area (Å²) in [5, 5.41) is 4.17. The highest BCUT2D eigenvalue weighted by molar-refractivity contribution is 6.31. The van der Waals surface area contributed by atoms with Crippen molar-refractivity contribution in [2.45, 2.75) is 13.0 Å². The SMILES string of the molecule is CCNC(c1cncc(OC)c1)c1ccccc1Cl. The van der Waals surface area contributed by atoms with Crippen LogP contribution in [0.5, 0.6) is 5.75 Å². The Morgan fingerprint density at radius 3 is 2.79 bits per heavy atom. The standard InChI is InChI=1S/C15H17ClN2O/c1-3-18-15(13-6-4-5-7-14(13)16)11-8-12(19-2)10-17-9-11/h4-10,15,18H,3H2,1-2H3. The summed E-state index contributed by atoms with van der Waals surface area (Å²) in [4.78, 5) is 4.21. The van der Waals surface area contributed by atoms with Crippen molar-refractivity contribution in [2.75, 3.05) is 13.7 Å². The summed E-state index contributed by atoms with van der Waals surface area (Å²) < 4.78 is 5.23. The summed E-state index contributed by atoms with van der Waals surface area (Å²) >= 11 is 6.29. The molecule has 1 aromatic carbocycles. The van der Waals surface area contributed by atoms with Gasteiger partial charge in [0, 0.05) is 11.2 Å². The van der Waals surface area contributed by atoms with Crippen molar-refractivity contribution in [3.8, 4) is 5.75 Å². The molecule has 0 fully saturated rings. The minimum Gasteiger partial charge on any atom is -0.495 e. The highest BCUT2D eigenvalue weighted by Crippen LogP contribution is 2.29. The molecule has 0 aliphatic heterocycles. The summed E-state index contributed by atoms with van der Waals surface area (Å²) in [6.07, 6.45) is 3.53. The first-order chi connectivity index (χ1) is 9.26. The molecule has 0 aliphatic rings. The zero-order valence-electron chi connectivity index (χ0n) is 11.1. The van der Waals surface area contributed by atoms with Crippen molar-refractivity contribution in [3.63, 3.8) is 0 Å². The normalized spacial score (nSPS) is 12.2. The summed E-state index contributed by atoms with van der Waals surface area (Å²) in [5.41, 5.74) is 2.08. The van der Waals surface area contributed by atoms with E-state index in [1.165, 1.54) is 0 Å². The van der Waals surface area contributed by atoms with E-state index < -0.39 is 0 Å². The van der Waals surface area contributed by atoms with Gasteiger partial charge in [0.05, 0.1) is 19.3 Å². The third kappa shape index (κ3) is 3.25. The fraction of sp³-hybridized carbons (Fsp3) is 0.267. The Balaban J connectivity index is 2.42. The molecule has 0 saturated heterocycles. The predicted octanol–water partition coefficient (Wildman–Crippen LogP) is 3.44. The van der Waals surface area contributed by atoms with Gasteiger partial charge >= 0.3 is 0 Å². The summed E-state index contributed by atoms with van der Waals surface area (Å²) in [6.45, 7) is 2.91. The number of hydrogen-bond donors (Lipinski definition) is 1. The second kappa shape index (κ2) is 6.55. The summed E-state index contributed by atoms with van der Waals surface area (Å²) in [7, 11) is 1.64. The van der Waals surface area contributed by atoms with Crippen LogP contribution < -0.4 is 10.1 Å². The van der Waals surface area contributed by atoms with Gasteiger partial charge in [-0.25, -0.2) is 0 Å². The van der Waals surface area contributed by atoms with Gasteiger partial charge < -0.3 is 10.1 Å². The highest BCUT2D eigenvalue weighted by Gasteiger charge is 2.16. The molecule has 1 aromatic heterocycles. The van der Waals surface area contributed by atoms with Crippen molar-refractivity contribution < 1.29 is 4.74 Å². The number of nitrogens with zero attached hydrogens (tertiary/aromatic N) is 1. The zero-order chi connectivity index (χ0) is 13.7. The second-order valence-electron chi connectivity index (χ2n) is 4.17. The van der Waals surface area contributed by atoms with Crippen LogP contribution in [0.2, 0.25) is 5.02 Å². The van der Waals surface area contributed by atoms with Crippen LogP contribution in [0.25, 0.3) is 0 Å². The quantitative estimate of drug-likeness (QED) is 0.908. The van der Waals surface area contributed by atoms with Gasteiger partial charge in [-0.1, -0.05) is 36.7 Å². The number of rotatable bonds is 5. The minimum absolute atomic E-state index is 0.0151. The van der Waals surface area contributed by atoms with Gasteiger partial charge in [0.1, 0.15) is 5.75 Å². The van der Waals surface area contributed by atoms with Crippen molar-refractivity contribution in [2.24, 2.45) is 0 Å². The smallest absolute Gasteiger partial charge is 0.137 e. The van der Waals surface area contributed by atoms with E-state index in [0.29, 0.717) is 0 Å². The fourth-order valence-electron chi connectivity index (χ4n) is 2.03. The Labute approximate surface area is 118 Å². The number of hydrogen-bond acceptors (Lipinski definition) is 3. The molecule has 0 aliphatic carbocycles. The number of benzene rings is 1. The van der Waals surface area contributed by atoms with Gasteiger partial charge in [0.25, 0.3) is 0 Å². The number of pyridine rings is 1. The Morgan fingerprint density at radius 2 is 2.11 bits per heavy atom. The van der Waals surface area contributed by atoms with Crippen LogP contribution in [0.3, 0.4) is 0 Å². The van der Waals surface area contributed by atoms with Crippen LogP contribution in [-0.2, 0) is 0 Å². The van der Waals surface area contributed by atoms with Gasteiger partial charge in [0.15, 0.2) is 0 Å². The van der Waals surface area contributed by atoms with Crippen LogP contribution in [0.4, 0.5) is 0 Å². The maximum atomic E-state index is 6.29. The van der Waals surface area contributed by atoms with E-state index in [2.05, 4.69) is 17.2 Å². The lowest BCUT2D eigenvalue weighted by Crippen LogP contribution is -2.22. The Kier molecular flexibility index (Phi) is 4.77. The molecule has 4 heteroatoms. The third-order valence-electron chi connectivity index (χ3n) is 2.93. The Hall–Kier alpha value is -1.58. The molecular weight excluding hydrogens is 260 g/mol. The van der Waals surface area contributed by atoms with Gasteiger partial charge in [-0.05, 0) is 29.8 Å². The van der Waals surface area contributed by atoms with Crippen molar-refractivity contribution >= 4 is 11.6 Å². The van der Waals surface area contributed by atoms with Gasteiger partial charge in [-0.15, -0.1) is 0 Å². The first kappa shape index (κ1) is 13.8. The number of nitrogens with one attached hydrogen (secondary N) is 1. The molecule has 3 nitrogen and oxygen atoms in total. The monoisotopic (exact) mass is 276 g/mol. The molecule has 2 rings (SSSR count). The van der Waals surface area contributed by atoms with E-state index >= 15 is 0 Å². The highest BCUT2D eigenvalue weighted by atomic mass is 35.5. The Bertz CT molecular complexity index is 545. The van der Waals surface area contributed by atoms with Gasteiger partial charge in [0.2, 0.25) is 0 Å². The molecule has 0 amide bonds. The van der Waals surface area contributed by atoms with E-state index in [-0.39, 0.29) is 6.04 Å². The molecule has 1 N–H and O–H groups in total. The van der Waals surface area contributed by atoms with E-state index in [1.807, 2.05) is 36.5 Å². The van der Waals surface area contributed by atoms with Crippen LogP contribution in [0.1, 0.15) is 24.1 Å². The average Bonchev–Trinajstić information content (AvgIpc) is 2.46. The average molecular weight is 277 g/mol. The number of ether oxygens (including phenoxy) is 1. The molecule has 0 bridgehead atoms. The summed E-state index contributed by atoms with van der Waals surface area (Å²) in [5.74, 6) is 0.743. The largest absolute Gasteiger partial charge is 0.495 e. The lowest BCUT2D eigenvalue weighted by atomic mass is 10.00. The molecule has 0 saturated carbocycles. The minimum atomic E-state index is 0.0151. The first-order valence-electron chi connectivity index (χ1n) is 6.23. The third-order valence-corrected chi connectivity index (χ3v) is 3.27. The topological polar surface area (TPSA) is 34.2 Å².